The van der Waals surface area contributed by atoms with Gasteiger partial charge in [-0.15, -0.1) is 0 Å². The molecule has 1 saturated heterocycles. The molecule has 1 heterocycles. The van der Waals surface area contributed by atoms with Crippen LogP contribution in [0.1, 0.15) is 89.5 Å². The Labute approximate surface area is 220 Å². The van der Waals surface area contributed by atoms with E-state index in [0.717, 1.165) is 54.7 Å². The third-order valence-corrected chi connectivity index (χ3v) is 7.32. The summed E-state index contributed by atoms with van der Waals surface area (Å²) in [7, 11) is 0. The van der Waals surface area contributed by atoms with Crippen LogP contribution in [0.25, 0.3) is 5.76 Å². The van der Waals surface area contributed by atoms with Gasteiger partial charge in [-0.1, -0.05) is 52.2 Å². The van der Waals surface area contributed by atoms with Gasteiger partial charge in [0.2, 0.25) is 0 Å². The fourth-order valence-corrected chi connectivity index (χ4v) is 5.53. The second-order valence-corrected chi connectivity index (χ2v) is 10.9. The first-order valence-electron chi connectivity index (χ1n) is 13.5. The van der Waals surface area contributed by atoms with E-state index in [2.05, 4.69) is 20.8 Å². The van der Waals surface area contributed by atoms with E-state index in [-0.39, 0.29) is 22.8 Å². The number of ketones is 1. The minimum Gasteiger partial charge on any atom is -0.507 e. The fraction of sp³-hybridized carbons (Fsp3) is 0.484. The second-order valence-electron chi connectivity index (χ2n) is 10.9. The summed E-state index contributed by atoms with van der Waals surface area (Å²) < 4.78 is 11.4. The molecule has 0 spiro atoms. The Morgan fingerprint density at radius 2 is 1.59 bits per heavy atom. The predicted molar refractivity (Wildman–Crippen MR) is 145 cm³/mol. The van der Waals surface area contributed by atoms with Crippen LogP contribution in [-0.4, -0.2) is 41.0 Å². The Morgan fingerprint density at radius 1 is 0.946 bits per heavy atom. The van der Waals surface area contributed by atoms with Gasteiger partial charge in [-0.3, -0.25) is 9.59 Å². The van der Waals surface area contributed by atoms with Crippen molar-refractivity contribution >= 4 is 17.4 Å². The van der Waals surface area contributed by atoms with Gasteiger partial charge < -0.3 is 19.5 Å². The lowest BCUT2D eigenvalue weighted by Crippen LogP contribution is -2.40. The molecular formula is C31H39NO5. The quantitative estimate of drug-likeness (QED) is 0.263. The minimum atomic E-state index is -0.650. The van der Waals surface area contributed by atoms with Crippen LogP contribution >= 0.6 is 0 Å². The smallest absolute Gasteiger partial charge is 0.295 e. The zero-order valence-corrected chi connectivity index (χ0v) is 22.7. The van der Waals surface area contributed by atoms with E-state index < -0.39 is 17.7 Å². The van der Waals surface area contributed by atoms with E-state index in [1.165, 1.54) is 0 Å². The van der Waals surface area contributed by atoms with Gasteiger partial charge in [0.1, 0.15) is 17.3 Å². The molecular weight excluding hydrogens is 466 g/mol. The SMILES string of the molecule is CCOc1ccc(C2/C(=C(/O)c3ccc(OCC)c(C(C)(C)C)c3)C(=O)C(=O)N2C2CCCCC2)cc1. The number of hydrogen-bond donors (Lipinski definition) is 1. The van der Waals surface area contributed by atoms with Crippen LogP contribution in [-0.2, 0) is 15.0 Å². The van der Waals surface area contributed by atoms with Crippen LogP contribution in [0.15, 0.2) is 48.0 Å². The van der Waals surface area contributed by atoms with Crippen molar-refractivity contribution in [1.82, 2.24) is 4.90 Å². The van der Waals surface area contributed by atoms with Crippen molar-refractivity contribution in [3.63, 3.8) is 0 Å². The first-order valence-corrected chi connectivity index (χ1v) is 13.5. The number of carbonyl (C=O) groups excluding carboxylic acids is 2. The number of likely N-dealkylation sites (tertiary alicyclic amines) is 1. The summed E-state index contributed by atoms with van der Waals surface area (Å²) in [5.41, 5.74) is 2.12. The molecule has 1 unspecified atom stereocenters. The van der Waals surface area contributed by atoms with Gasteiger partial charge in [0.15, 0.2) is 0 Å². The molecule has 2 fully saturated rings. The number of ether oxygens (including phenoxy) is 2. The van der Waals surface area contributed by atoms with Gasteiger partial charge in [-0.2, -0.15) is 0 Å². The van der Waals surface area contributed by atoms with Crippen molar-refractivity contribution in [2.75, 3.05) is 13.2 Å². The number of amides is 1. The molecule has 198 valence electrons. The fourth-order valence-electron chi connectivity index (χ4n) is 5.53. The number of hydrogen-bond acceptors (Lipinski definition) is 5. The largest absolute Gasteiger partial charge is 0.507 e. The van der Waals surface area contributed by atoms with Crippen molar-refractivity contribution in [2.24, 2.45) is 0 Å². The average molecular weight is 506 g/mol. The zero-order valence-electron chi connectivity index (χ0n) is 22.7. The predicted octanol–water partition coefficient (Wildman–Crippen LogP) is 6.54. The summed E-state index contributed by atoms with van der Waals surface area (Å²) in [5, 5.41) is 11.6. The van der Waals surface area contributed by atoms with Gasteiger partial charge >= 0.3 is 0 Å². The maximum atomic E-state index is 13.5. The molecule has 2 aromatic rings. The topological polar surface area (TPSA) is 76.1 Å². The minimum absolute atomic E-state index is 0.0301. The molecule has 6 heteroatoms. The summed E-state index contributed by atoms with van der Waals surface area (Å²) in [5.74, 6) is 0.158. The summed E-state index contributed by atoms with van der Waals surface area (Å²) in [6.45, 7) is 11.2. The molecule has 2 aromatic carbocycles. The molecule has 37 heavy (non-hydrogen) atoms. The first kappa shape index (κ1) is 26.8. The lowest BCUT2D eigenvalue weighted by atomic mass is 9.84. The summed E-state index contributed by atoms with van der Waals surface area (Å²) >= 11 is 0. The number of Topliss-reactive ketones (excluding diaryl/α,β-unsaturated/α-hetero) is 1. The number of carbonyl (C=O) groups is 2. The van der Waals surface area contributed by atoms with Crippen molar-refractivity contribution in [3.8, 4) is 11.5 Å². The van der Waals surface area contributed by atoms with Crippen molar-refractivity contribution in [2.45, 2.75) is 84.2 Å². The standard InChI is InChI=1S/C31H39NO5/c1-6-36-23-16-13-20(14-17-23)27-26(29(34)30(35)32(27)22-11-9-8-10-12-22)28(33)21-15-18-25(37-7-2)24(19-21)31(3,4)5/h13-19,22,27,33H,6-12H2,1-5H3/b28-26-. The van der Waals surface area contributed by atoms with Gasteiger partial charge in [0, 0.05) is 17.2 Å². The number of aliphatic hydroxyl groups is 1. The Kier molecular flexibility index (Phi) is 7.96. The van der Waals surface area contributed by atoms with E-state index >= 15 is 0 Å². The number of benzene rings is 2. The van der Waals surface area contributed by atoms with Gasteiger partial charge in [-0.25, -0.2) is 0 Å². The maximum absolute atomic E-state index is 13.5. The van der Waals surface area contributed by atoms with Gasteiger partial charge in [-0.05, 0) is 68.0 Å². The molecule has 1 saturated carbocycles. The lowest BCUT2D eigenvalue weighted by Gasteiger charge is -2.35. The van der Waals surface area contributed by atoms with Gasteiger partial charge in [0.25, 0.3) is 11.7 Å². The van der Waals surface area contributed by atoms with Crippen LogP contribution in [0, 0.1) is 0 Å². The van der Waals surface area contributed by atoms with E-state index in [0.29, 0.717) is 18.8 Å². The van der Waals surface area contributed by atoms with E-state index in [1.54, 1.807) is 11.0 Å². The van der Waals surface area contributed by atoms with E-state index in [9.17, 15) is 14.7 Å². The molecule has 6 nitrogen and oxygen atoms in total. The maximum Gasteiger partial charge on any atom is 0.295 e. The normalized spacial score (nSPS) is 20.4. The highest BCUT2D eigenvalue weighted by Crippen LogP contribution is 2.44. The van der Waals surface area contributed by atoms with Crippen LogP contribution < -0.4 is 9.47 Å². The molecule has 0 radical (unpaired) electrons. The van der Waals surface area contributed by atoms with E-state index in [1.807, 2.05) is 50.2 Å². The third kappa shape index (κ3) is 5.39. The molecule has 0 aromatic heterocycles. The van der Waals surface area contributed by atoms with Crippen LogP contribution in [0.2, 0.25) is 0 Å². The lowest BCUT2D eigenvalue weighted by molar-refractivity contribution is -0.141. The number of rotatable bonds is 7. The molecule has 1 N–H and O–H groups in total. The monoisotopic (exact) mass is 505 g/mol. The summed E-state index contributed by atoms with van der Waals surface area (Å²) in [6.07, 6.45) is 4.90. The third-order valence-electron chi connectivity index (χ3n) is 7.32. The van der Waals surface area contributed by atoms with Crippen LogP contribution in [0.4, 0.5) is 0 Å². The van der Waals surface area contributed by atoms with Crippen LogP contribution in [0.5, 0.6) is 11.5 Å². The molecule has 4 rings (SSSR count). The van der Waals surface area contributed by atoms with Gasteiger partial charge in [0.05, 0.1) is 24.8 Å². The molecule has 1 aliphatic carbocycles. The highest BCUT2D eigenvalue weighted by molar-refractivity contribution is 6.46. The second kappa shape index (κ2) is 11.0. The number of nitrogens with zero attached hydrogens (tertiary/aromatic N) is 1. The first-order chi connectivity index (χ1) is 17.7. The highest BCUT2D eigenvalue weighted by atomic mass is 16.5. The Morgan fingerprint density at radius 3 is 2.19 bits per heavy atom. The zero-order chi connectivity index (χ0) is 26.7. The summed E-state index contributed by atoms with van der Waals surface area (Å²) in [4.78, 5) is 28.7. The Balaban J connectivity index is 1.86. The molecule has 1 amide bonds. The molecule has 2 aliphatic rings. The van der Waals surface area contributed by atoms with Crippen molar-refractivity contribution in [3.05, 3.63) is 64.7 Å². The molecule has 0 bridgehead atoms. The van der Waals surface area contributed by atoms with Crippen LogP contribution in [0.3, 0.4) is 0 Å². The Hall–Kier alpha value is -3.28. The number of aliphatic hydroxyl groups excluding tert-OH is 1. The molecule has 1 atom stereocenters. The van der Waals surface area contributed by atoms with Crippen molar-refractivity contribution in [1.29, 1.82) is 0 Å². The Bertz CT molecular complexity index is 1170. The average Bonchev–Trinajstić information content (AvgIpc) is 3.15. The van der Waals surface area contributed by atoms with E-state index in [4.69, 9.17) is 9.47 Å². The van der Waals surface area contributed by atoms with Crippen molar-refractivity contribution < 1.29 is 24.2 Å². The summed E-state index contributed by atoms with van der Waals surface area (Å²) in [6, 6.07) is 12.3. The molecule has 1 aliphatic heterocycles. The highest BCUT2D eigenvalue weighted by Gasteiger charge is 2.49.